The van der Waals surface area contributed by atoms with Gasteiger partial charge in [0, 0.05) is 23.1 Å². The number of hydrogen-bond acceptors (Lipinski definition) is 3. The molecule has 0 spiro atoms. The van der Waals surface area contributed by atoms with E-state index in [-0.39, 0.29) is 11.8 Å². The number of aromatic nitrogens is 2. The SMILES string of the molecule is Cc1cc(/C=C/C(=O)Nc2ccc3c(c2)NC(=O)C3(C)C)n[nH]1. The fourth-order valence-corrected chi connectivity index (χ4v) is 2.54. The fourth-order valence-electron chi connectivity index (χ4n) is 2.54. The predicted molar refractivity (Wildman–Crippen MR) is 89.1 cm³/mol. The van der Waals surface area contributed by atoms with Crippen LogP contribution in [0.4, 0.5) is 11.4 Å². The summed E-state index contributed by atoms with van der Waals surface area (Å²) in [6, 6.07) is 7.28. The number of amides is 2. The molecule has 6 heteroatoms. The monoisotopic (exact) mass is 310 g/mol. The number of aromatic amines is 1. The maximum Gasteiger partial charge on any atom is 0.248 e. The second-order valence-electron chi connectivity index (χ2n) is 6.14. The van der Waals surface area contributed by atoms with Gasteiger partial charge >= 0.3 is 0 Å². The number of rotatable bonds is 3. The summed E-state index contributed by atoms with van der Waals surface area (Å²) in [5, 5.41) is 12.5. The number of fused-ring (bicyclic) bond motifs is 1. The van der Waals surface area contributed by atoms with E-state index in [1.807, 2.05) is 32.9 Å². The van der Waals surface area contributed by atoms with Crippen molar-refractivity contribution in [3.8, 4) is 0 Å². The molecule has 1 aliphatic rings. The zero-order valence-electron chi connectivity index (χ0n) is 13.2. The molecular weight excluding hydrogens is 292 g/mol. The normalized spacial score (nSPS) is 15.5. The molecule has 1 aromatic heterocycles. The van der Waals surface area contributed by atoms with Crippen LogP contribution in [0.15, 0.2) is 30.3 Å². The van der Waals surface area contributed by atoms with Crippen LogP contribution < -0.4 is 10.6 Å². The van der Waals surface area contributed by atoms with Crippen LogP contribution in [0.1, 0.15) is 30.8 Å². The molecule has 23 heavy (non-hydrogen) atoms. The number of nitrogens with one attached hydrogen (secondary N) is 3. The Morgan fingerprint density at radius 3 is 2.78 bits per heavy atom. The molecule has 0 atom stereocenters. The third kappa shape index (κ3) is 2.88. The number of aryl methyl sites for hydroxylation is 1. The second kappa shape index (κ2) is 5.39. The third-order valence-electron chi connectivity index (χ3n) is 3.91. The molecule has 2 amide bonds. The van der Waals surface area contributed by atoms with Gasteiger partial charge in [0.05, 0.1) is 11.1 Å². The molecule has 0 saturated carbocycles. The highest BCUT2D eigenvalue weighted by Crippen LogP contribution is 2.38. The summed E-state index contributed by atoms with van der Waals surface area (Å²) >= 11 is 0. The number of anilines is 2. The van der Waals surface area contributed by atoms with Crippen LogP contribution in [0.25, 0.3) is 6.08 Å². The molecule has 0 radical (unpaired) electrons. The van der Waals surface area contributed by atoms with Crippen LogP contribution >= 0.6 is 0 Å². The van der Waals surface area contributed by atoms with Crippen molar-refractivity contribution in [2.24, 2.45) is 0 Å². The first-order valence-corrected chi connectivity index (χ1v) is 7.33. The van der Waals surface area contributed by atoms with Gasteiger partial charge in [0.1, 0.15) is 0 Å². The first-order chi connectivity index (χ1) is 10.9. The Labute approximate surface area is 134 Å². The average molecular weight is 310 g/mol. The number of carbonyl (C=O) groups excluding carboxylic acids is 2. The minimum Gasteiger partial charge on any atom is -0.325 e. The standard InChI is InChI=1S/C17H18N4O2/c1-10-8-12(21-20-10)5-7-15(22)18-11-4-6-13-14(9-11)19-16(23)17(13,2)3/h4-9H,1-3H3,(H,18,22)(H,19,23)(H,20,21)/b7-5+. The van der Waals surface area contributed by atoms with Crippen molar-refractivity contribution in [1.29, 1.82) is 0 Å². The summed E-state index contributed by atoms with van der Waals surface area (Å²) in [4.78, 5) is 23.9. The molecule has 1 aromatic carbocycles. The minimum atomic E-state index is -0.546. The molecule has 0 unspecified atom stereocenters. The number of hydrogen-bond donors (Lipinski definition) is 3. The highest BCUT2D eigenvalue weighted by molar-refractivity contribution is 6.07. The zero-order valence-corrected chi connectivity index (χ0v) is 13.2. The topological polar surface area (TPSA) is 86.9 Å². The predicted octanol–water partition coefficient (Wildman–Crippen LogP) is 2.60. The van der Waals surface area contributed by atoms with Gasteiger partial charge in [-0.1, -0.05) is 6.07 Å². The first-order valence-electron chi connectivity index (χ1n) is 7.33. The van der Waals surface area contributed by atoms with Gasteiger partial charge in [0.25, 0.3) is 0 Å². The van der Waals surface area contributed by atoms with Gasteiger partial charge in [-0.25, -0.2) is 0 Å². The van der Waals surface area contributed by atoms with Crippen molar-refractivity contribution < 1.29 is 9.59 Å². The number of nitrogens with zero attached hydrogens (tertiary/aromatic N) is 1. The molecule has 3 rings (SSSR count). The van der Waals surface area contributed by atoms with Crippen LogP contribution in [-0.2, 0) is 15.0 Å². The van der Waals surface area contributed by atoms with Gasteiger partial charge in [0.15, 0.2) is 0 Å². The molecule has 6 nitrogen and oxygen atoms in total. The van der Waals surface area contributed by atoms with Gasteiger partial charge < -0.3 is 10.6 Å². The molecular formula is C17H18N4O2. The molecule has 3 N–H and O–H groups in total. The third-order valence-corrected chi connectivity index (χ3v) is 3.91. The molecule has 2 heterocycles. The summed E-state index contributed by atoms with van der Waals surface area (Å²) < 4.78 is 0. The van der Waals surface area contributed by atoms with E-state index >= 15 is 0 Å². The minimum absolute atomic E-state index is 0.0372. The Bertz CT molecular complexity index is 818. The number of carbonyl (C=O) groups is 2. The van der Waals surface area contributed by atoms with Gasteiger partial charge in [-0.2, -0.15) is 5.10 Å². The van der Waals surface area contributed by atoms with E-state index in [0.29, 0.717) is 11.4 Å². The highest BCUT2D eigenvalue weighted by atomic mass is 16.2. The molecule has 1 aliphatic heterocycles. The van der Waals surface area contributed by atoms with Crippen LogP contribution in [0.5, 0.6) is 0 Å². The van der Waals surface area contributed by atoms with Crippen molar-refractivity contribution in [2.45, 2.75) is 26.2 Å². The maximum atomic E-state index is 12.0. The first kappa shape index (κ1) is 15.0. The Morgan fingerprint density at radius 2 is 2.09 bits per heavy atom. The van der Waals surface area contributed by atoms with Crippen molar-refractivity contribution in [3.05, 3.63) is 47.3 Å². The molecule has 0 aliphatic carbocycles. The molecule has 118 valence electrons. The quantitative estimate of drug-likeness (QED) is 0.762. The van der Waals surface area contributed by atoms with E-state index in [1.54, 1.807) is 18.2 Å². The molecule has 0 bridgehead atoms. The lowest BCUT2D eigenvalue weighted by atomic mass is 9.86. The largest absolute Gasteiger partial charge is 0.325 e. The Kier molecular flexibility index (Phi) is 3.52. The van der Waals surface area contributed by atoms with E-state index in [1.165, 1.54) is 6.08 Å². The summed E-state index contributed by atoms with van der Waals surface area (Å²) in [7, 11) is 0. The fraction of sp³-hybridized carbons (Fsp3) is 0.235. The molecule has 0 saturated heterocycles. The van der Waals surface area contributed by atoms with Crippen molar-refractivity contribution >= 4 is 29.3 Å². The Balaban J connectivity index is 1.72. The Hall–Kier alpha value is -2.89. The van der Waals surface area contributed by atoms with Gasteiger partial charge in [0.2, 0.25) is 11.8 Å². The van der Waals surface area contributed by atoms with Gasteiger partial charge in [-0.15, -0.1) is 0 Å². The van der Waals surface area contributed by atoms with E-state index in [4.69, 9.17) is 0 Å². The lowest BCUT2D eigenvalue weighted by Crippen LogP contribution is -2.26. The van der Waals surface area contributed by atoms with E-state index in [0.717, 1.165) is 16.9 Å². The smallest absolute Gasteiger partial charge is 0.248 e. The number of benzene rings is 1. The van der Waals surface area contributed by atoms with Crippen molar-refractivity contribution in [2.75, 3.05) is 10.6 Å². The lowest BCUT2D eigenvalue weighted by molar-refractivity contribution is -0.119. The summed E-state index contributed by atoms with van der Waals surface area (Å²) in [5.41, 5.74) is 3.39. The second-order valence-corrected chi connectivity index (χ2v) is 6.14. The Morgan fingerprint density at radius 1 is 1.30 bits per heavy atom. The van der Waals surface area contributed by atoms with Crippen molar-refractivity contribution in [1.82, 2.24) is 10.2 Å². The maximum absolute atomic E-state index is 12.0. The van der Waals surface area contributed by atoms with Gasteiger partial charge in [-0.05, 0) is 50.6 Å². The van der Waals surface area contributed by atoms with Crippen LogP contribution in [0.3, 0.4) is 0 Å². The number of H-pyrrole nitrogens is 1. The zero-order chi connectivity index (χ0) is 16.6. The van der Waals surface area contributed by atoms with Crippen LogP contribution in [0.2, 0.25) is 0 Å². The molecule has 2 aromatic rings. The summed E-state index contributed by atoms with van der Waals surface area (Å²) in [6.07, 6.45) is 3.06. The van der Waals surface area contributed by atoms with E-state index in [9.17, 15) is 9.59 Å². The van der Waals surface area contributed by atoms with E-state index < -0.39 is 5.41 Å². The van der Waals surface area contributed by atoms with E-state index in [2.05, 4.69) is 20.8 Å². The van der Waals surface area contributed by atoms with Gasteiger partial charge in [-0.3, -0.25) is 14.7 Å². The summed E-state index contributed by atoms with van der Waals surface area (Å²) in [5.74, 6) is -0.293. The highest BCUT2D eigenvalue weighted by Gasteiger charge is 2.38. The van der Waals surface area contributed by atoms with Crippen LogP contribution in [-0.4, -0.2) is 22.0 Å². The summed E-state index contributed by atoms with van der Waals surface area (Å²) in [6.45, 7) is 5.65. The average Bonchev–Trinajstić information content (AvgIpc) is 2.99. The molecule has 0 fully saturated rings. The lowest BCUT2D eigenvalue weighted by Gasteiger charge is -2.15. The van der Waals surface area contributed by atoms with Crippen LogP contribution in [0, 0.1) is 6.92 Å². The van der Waals surface area contributed by atoms with Crippen molar-refractivity contribution in [3.63, 3.8) is 0 Å².